The van der Waals surface area contributed by atoms with Crippen LogP contribution in [0.2, 0.25) is 0 Å². The summed E-state index contributed by atoms with van der Waals surface area (Å²) in [6.45, 7) is 4.56. The van der Waals surface area contributed by atoms with Crippen LogP contribution in [0.4, 0.5) is 0 Å². The SMILES string of the molecule is CCC1(CC)c2cc(Br)ccc2-c2ccc(OC)cc21. The molecule has 2 aromatic rings. The van der Waals surface area contributed by atoms with Crippen LogP contribution in [-0.2, 0) is 5.41 Å². The lowest BCUT2D eigenvalue weighted by Crippen LogP contribution is -2.23. The van der Waals surface area contributed by atoms with Gasteiger partial charge < -0.3 is 4.74 Å². The van der Waals surface area contributed by atoms with Crippen LogP contribution in [0.1, 0.15) is 37.8 Å². The molecule has 1 aliphatic rings. The summed E-state index contributed by atoms with van der Waals surface area (Å²) in [5, 5.41) is 0. The van der Waals surface area contributed by atoms with E-state index in [-0.39, 0.29) is 5.41 Å². The minimum absolute atomic E-state index is 0.114. The minimum Gasteiger partial charge on any atom is -0.497 e. The summed E-state index contributed by atoms with van der Waals surface area (Å²) in [6, 6.07) is 13.1. The van der Waals surface area contributed by atoms with Crippen LogP contribution in [0, 0.1) is 0 Å². The molecule has 0 saturated heterocycles. The van der Waals surface area contributed by atoms with Crippen LogP contribution in [-0.4, -0.2) is 7.11 Å². The van der Waals surface area contributed by atoms with Gasteiger partial charge in [-0.1, -0.05) is 41.9 Å². The summed E-state index contributed by atoms with van der Waals surface area (Å²) < 4.78 is 6.59. The molecule has 0 spiro atoms. The molecule has 2 heteroatoms. The van der Waals surface area contributed by atoms with Gasteiger partial charge in [-0.2, -0.15) is 0 Å². The fourth-order valence-electron chi connectivity index (χ4n) is 3.59. The van der Waals surface area contributed by atoms with E-state index in [4.69, 9.17) is 4.74 Å². The van der Waals surface area contributed by atoms with Crippen molar-refractivity contribution in [2.24, 2.45) is 0 Å². The van der Waals surface area contributed by atoms with Crippen molar-refractivity contribution >= 4 is 15.9 Å². The molecule has 2 aromatic carbocycles. The van der Waals surface area contributed by atoms with Gasteiger partial charge in [0.2, 0.25) is 0 Å². The Kier molecular flexibility index (Phi) is 3.37. The highest BCUT2D eigenvalue weighted by molar-refractivity contribution is 9.10. The summed E-state index contributed by atoms with van der Waals surface area (Å²) in [7, 11) is 1.74. The Labute approximate surface area is 129 Å². The first-order valence-electron chi connectivity index (χ1n) is 7.15. The van der Waals surface area contributed by atoms with E-state index in [1.54, 1.807) is 7.11 Å². The van der Waals surface area contributed by atoms with Crippen molar-refractivity contribution in [3.8, 4) is 16.9 Å². The Hall–Kier alpha value is -1.28. The number of hydrogen-bond donors (Lipinski definition) is 0. The van der Waals surface area contributed by atoms with Gasteiger partial charge in [0.25, 0.3) is 0 Å². The van der Waals surface area contributed by atoms with Crippen molar-refractivity contribution in [2.75, 3.05) is 7.11 Å². The van der Waals surface area contributed by atoms with Crippen molar-refractivity contribution in [1.29, 1.82) is 0 Å². The van der Waals surface area contributed by atoms with Gasteiger partial charge in [-0.3, -0.25) is 0 Å². The highest BCUT2D eigenvalue weighted by Crippen LogP contribution is 2.53. The van der Waals surface area contributed by atoms with Crippen molar-refractivity contribution < 1.29 is 4.74 Å². The second-order valence-corrected chi connectivity index (χ2v) is 6.31. The number of methoxy groups -OCH3 is 1. The molecule has 0 N–H and O–H groups in total. The van der Waals surface area contributed by atoms with Crippen molar-refractivity contribution in [2.45, 2.75) is 32.1 Å². The summed E-state index contributed by atoms with van der Waals surface area (Å²) in [4.78, 5) is 0. The number of ether oxygens (including phenoxy) is 1. The predicted molar refractivity (Wildman–Crippen MR) is 87.5 cm³/mol. The minimum atomic E-state index is 0.114. The first kappa shape index (κ1) is 13.7. The highest BCUT2D eigenvalue weighted by Gasteiger charge is 2.40. The largest absolute Gasteiger partial charge is 0.497 e. The molecule has 0 atom stereocenters. The maximum Gasteiger partial charge on any atom is 0.119 e. The standard InChI is InChI=1S/C18H19BrO/c1-4-18(5-2)16-10-12(19)6-8-14(16)15-9-7-13(20-3)11-17(15)18/h6-11H,4-5H2,1-3H3. The van der Waals surface area contributed by atoms with Gasteiger partial charge in [-0.15, -0.1) is 0 Å². The maximum absolute atomic E-state index is 5.44. The van der Waals surface area contributed by atoms with E-state index >= 15 is 0 Å². The highest BCUT2D eigenvalue weighted by atomic mass is 79.9. The molecule has 104 valence electrons. The molecule has 1 nitrogen and oxygen atoms in total. The molecular weight excluding hydrogens is 312 g/mol. The third kappa shape index (κ3) is 1.74. The second kappa shape index (κ2) is 4.92. The first-order valence-corrected chi connectivity index (χ1v) is 7.94. The van der Waals surface area contributed by atoms with E-state index in [0.717, 1.165) is 23.1 Å². The van der Waals surface area contributed by atoms with Gasteiger partial charge in [0.1, 0.15) is 5.75 Å². The van der Waals surface area contributed by atoms with Gasteiger partial charge in [0.15, 0.2) is 0 Å². The quantitative estimate of drug-likeness (QED) is 0.717. The lowest BCUT2D eigenvalue weighted by Gasteiger charge is -2.29. The zero-order chi connectivity index (χ0) is 14.3. The Balaban J connectivity index is 2.34. The summed E-state index contributed by atoms with van der Waals surface area (Å²) in [5.74, 6) is 0.946. The zero-order valence-corrected chi connectivity index (χ0v) is 13.8. The molecule has 0 saturated carbocycles. The van der Waals surface area contributed by atoms with Gasteiger partial charge in [0.05, 0.1) is 7.11 Å². The molecule has 0 amide bonds. The second-order valence-electron chi connectivity index (χ2n) is 5.39. The third-order valence-corrected chi connectivity index (χ3v) is 5.23. The molecule has 0 fully saturated rings. The Morgan fingerprint density at radius 1 is 0.950 bits per heavy atom. The summed E-state index contributed by atoms with van der Waals surface area (Å²) in [6.07, 6.45) is 2.21. The molecule has 0 heterocycles. The van der Waals surface area contributed by atoms with Crippen LogP contribution in [0.25, 0.3) is 11.1 Å². The van der Waals surface area contributed by atoms with Crippen LogP contribution in [0.15, 0.2) is 40.9 Å². The van der Waals surface area contributed by atoms with E-state index in [0.29, 0.717) is 0 Å². The fraction of sp³-hybridized carbons (Fsp3) is 0.333. The number of hydrogen-bond acceptors (Lipinski definition) is 1. The number of rotatable bonds is 3. The number of fused-ring (bicyclic) bond motifs is 3. The molecule has 1 aliphatic carbocycles. The van der Waals surface area contributed by atoms with Crippen LogP contribution in [0.5, 0.6) is 5.75 Å². The molecule has 0 radical (unpaired) electrons. The molecule has 20 heavy (non-hydrogen) atoms. The lowest BCUT2D eigenvalue weighted by atomic mass is 9.74. The van der Waals surface area contributed by atoms with Crippen LogP contribution in [0.3, 0.4) is 0 Å². The number of halogens is 1. The lowest BCUT2D eigenvalue weighted by molar-refractivity contribution is 0.411. The monoisotopic (exact) mass is 330 g/mol. The molecule has 0 bridgehead atoms. The molecule has 0 aromatic heterocycles. The van der Waals surface area contributed by atoms with E-state index in [1.807, 2.05) is 0 Å². The molecule has 0 unspecified atom stereocenters. The Bertz CT molecular complexity index is 656. The molecular formula is C18H19BrO. The smallest absolute Gasteiger partial charge is 0.119 e. The van der Waals surface area contributed by atoms with E-state index in [2.05, 4.69) is 66.2 Å². The van der Waals surface area contributed by atoms with Crippen molar-refractivity contribution in [3.05, 3.63) is 52.0 Å². The molecule has 3 rings (SSSR count). The number of benzene rings is 2. The first-order chi connectivity index (χ1) is 9.66. The summed E-state index contributed by atoms with van der Waals surface area (Å²) >= 11 is 3.62. The fourth-order valence-corrected chi connectivity index (χ4v) is 3.95. The van der Waals surface area contributed by atoms with E-state index in [1.165, 1.54) is 22.3 Å². The van der Waals surface area contributed by atoms with Crippen molar-refractivity contribution in [3.63, 3.8) is 0 Å². The Morgan fingerprint density at radius 2 is 1.55 bits per heavy atom. The molecule has 0 aliphatic heterocycles. The van der Waals surface area contributed by atoms with Crippen LogP contribution < -0.4 is 4.74 Å². The topological polar surface area (TPSA) is 9.23 Å². The zero-order valence-electron chi connectivity index (χ0n) is 12.2. The van der Waals surface area contributed by atoms with E-state index < -0.39 is 0 Å². The third-order valence-electron chi connectivity index (χ3n) is 4.74. The van der Waals surface area contributed by atoms with Gasteiger partial charge in [0, 0.05) is 9.89 Å². The average molecular weight is 331 g/mol. The van der Waals surface area contributed by atoms with Gasteiger partial charge >= 0.3 is 0 Å². The summed E-state index contributed by atoms with van der Waals surface area (Å²) in [5.41, 5.74) is 5.70. The Morgan fingerprint density at radius 3 is 2.15 bits per heavy atom. The van der Waals surface area contributed by atoms with Gasteiger partial charge in [-0.05, 0) is 59.4 Å². The normalized spacial score (nSPS) is 14.8. The van der Waals surface area contributed by atoms with E-state index in [9.17, 15) is 0 Å². The predicted octanol–water partition coefficient (Wildman–Crippen LogP) is 5.54. The van der Waals surface area contributed by atoms with Crippen LogP contribution >= 0.6 is 15.9 Å². The van der Waals surface area contributed by atoms with Gasteiger partial charge in [-0.25, -0.2) is 0 Å². The van der Waals surface area contributed by atoms with Crippen molar-refractivity contribution in [1.82, 2.24) is 0 Å². The maximum atomic E-state index is 5.44. The average Bonchev–Trinajstić information content (AvgIpc) is 2.76.